The standard InChI is InChI=1S/C14H13BrClFINS/c1-2-3-19-14(8-4-13(18)20-7-8)9-5-11(16)10(15)6-12(9)17/h4-7,14,19H,2-3H2,1H3. The van der Waals surface area contributed by atoms with Crippen molar-refractivity contribution >= 4 is 61.5 Å². The fourth-order valence-electron chi connectivity index (χ4n) is 1.93. The Bertz CT molecular complexity index is 605. The predicted octanol–water partition coefficient (Wildman–Crippen LogP) is 6.00. The molecular weight excluding hydrogens is 475 g/mol. The Morgan fingerprint density at radius 3 is 2.80 bits per heavy atom. The van der Waals surface area contributed by atoms with Gasteiger partial charge in [0.15, 0.2) is 0 Å². The monoisotopic (exact) mass is 487 g/mol. The summed E-state index contributed by atoms with van der Waals surface area (Å²) in [5.74, 6) is -0.254. The van der Waals surface area contributed by atoms with Crippen LogP contribution >= 0.6 is 61.5 Å². The van der Waals surface area contributed by atoms with Gasteiger partial charge in [-0.3, -0.25) is 0 Å². The molecule has 1 nitrogen and oxygen atoms in total. The molecule has 1 unspecified atom stereocenters. The summed E-state index contributed by atoms with van der Waals surface area (Å²) in [5, 5.41) is 5.98. The highest BCUT2D eigenvalue weighted by Crippen LogP contribution is 2.33. The zero-order valence-electron chi connectivity index (χ0n) is 10.7. The first-order valence-corrected chi connectivity index (χ1v) is 9.27. The SMILES string of the molecule is CCCNC(c1csc(I)c1)c1cc(Cl)c(Br)cc1F. The zero-order chi connectivity index (χ0) is 14.7. The maximum Gasteiger partial charge on any atom is 0.129 e. The van der Waals surface area contributed by atoms with E-state index in [9.17, 15) is 4.39 Å². The van der Waals surface area contributed by atoms with Crippen molar-refractivity contribution in [1.29, 1.82) is 0 Å². The molecule has 2 rings (SSSR count). The molecule has 1 aromatic heterocycles. The minimum absolute atomic E-state index is 0.166. The van der Waals surface area contributed by atoms with Crippen molar-refractivity contribution in [3.8, 4) is 0 Å². The summed E-state index contributed by atoms with van der Waals surface area (Å²) >= 11 is 13.3. The summed E-state index contributed by atoms with van der Waals surface area (Å²) in [7, 11) is 0. The summed E-state index contributed by atoms with van der Waals surface area (Å²) in [6, 6.07) is 5.03. The van der Waals surface area contributed by atoms with Crippen molar-refractivity contribution < 1.29 is 4.39 Å². The number of hydrogen-bond acceptors (Lipinski definition) is 2. The number of hydrogen-bond donors (Lipinski definition) is 1. The second-order valence-corrected chi connectivity index (χ2v) is 8.43. The zero-order valence-corrected chi connectivity index (χ0v) is 16.0. The number of benzene rings is 1. The summed E-state index contributed by atoms with van der Waals surface area (Å²) in [6.45, 7) is 2.91. The quantitative estimate of drug-likeness (QED) is 0.402. The first kappa shape index (κ1) is 16.7. The van der Waals surface area contributed by atoms with Crippen LogP contribution in [-0.4, -0.2) is 6.54 Å². The second kappa shape index (κ2) is 7.54. The maximum atomic E-state index is 14.3. The van der Waals surface area contributed by atoms with Crippen molar-refractivity contribution in [2.24, 2.45) is 0 Å². The topological polar surface area (TPSA) is 12.0 Å². The van der Waals surface area contributed by atoms with Gasteiger partial charge in [-0.25, -0.2) is 4.39 Å². The van der Waals surface area contributed by atoms with Gasteiger partial charge in [0.25, 0.3) is 0 Å². The fourth-order valence-corrected chi connectivity index (χ4v) is 3.82. The summed E-state index contributed by atoms with van der Waals surface area (Å²) in [6.07, 6.45) is 0.990. The third-order valence-electron chi connectivity index (χ3n) is 2.87. The van der Waals surface area contributed by atoms with Crippen molar-refractivity contribution in [2.75, 3.05) is 6.54 Å². The summed E-state index contributed by atoms with van der Waals surface area (Å²) in [5.41, 5.74) is 1.66. The smallest absolute Gasteiger partial charge is 0.129 e. The molecular formula is C14H13BrClFINS. The van der Waals surface area contributed by atoms with E-state index in [0.29, 0.717) is 15.1 Å². The van der Waals surface area contributed by atoms with Gasteiger partial charge in [0.1, 0.15) is 5.82 Å². The highest BCUT2D eigenvalue weighted by atomic mass is 127. The minimum Gasteiger partial charge on any atom is -0.306 e. The highest BCUT2D eigenvalue weighted by Gasteiger charge is 2.20. The van der Waals surface area contributed by atoms with Gasteiger partial charge in [0.2, 0.25) is 0 Å². The maximum absolute atomic E-state index is 14.3. The van der Waals surface area contributed by atoms with Crippen molar-refractivity contribution in [3.63, 3.8) is 0 Å². The average molecular weight is 489 g/mol. The van der Waals surface area contributed by atoms with Crippen LogP contribution in [0.4, 0.5) is 4.39 Å². The molecule has 0 spiro atoms. The van der Waals surface area contributed by atoms with E-state index in [1.54, 1.807) is 17.4 Å². The Hall–Kier alpha value is 0.310. The molecule has 0 bridgehead atoms. The first-order chi connectivity index (χ1) is 9.52. The molecule has 6 heteroatoms. The number of halogens is 4. The van der Waals surface area contributed by atoms with Crippen LogP contribution < -0.4 is 5.32 Å². The van der Waals surface area contributed by atoms with E-state index in [2.05, 4.69) is 62.2 Å². The van der Waals surface area contributed by atoms with Gasteiger partial charge in [-0.15, -0.1) is 11.3 Å². The molecule has 1 aromatic carbocycles. The molecule has 1 heterocycles. The minimum atomic E-state index is -0.254. The lowest BCUT2D eigenvalue weighted by Gasteiger charge is -2.19. The molecule has 0 radical (unpaired) electrons. The van der Waals surface area contributed by atoms with E-state index in [1.165, 1.54) is 8.95 Å². The third-order valence-corrected chi connectivity index (χ3v) is 5.87. The molecule has 1 atom stereocenters. The van der Waals surface area contributed by atoms with Gasteiger partial charge in [0, 0.05) is 10.0 Å². The molecule has 0 fully saturated rings. The van der Waals surface area contributed by atoms with Gasteiger partial charge in [0.05, 0.1) is 13.9 Å². The molecule has 0 saturated heterocycles. The van der Waals surface area contributed by atoms with Crippen LogP contribution in [0.3, 0.4) is 0 Å². The van der Waals surface area contributed by atoms with E-state index in [0.717, 1.165) is 18.5 Å². The Morgan fingerprint density at radius 2 is 2.20 bits per heavy atom. The number of nitrogens with one attached hydrogen (secondary N) is 1. The van der Waals surface area contributed by atoms with Crippen LogP contribution in [0.15, 0.2) is 28.1 Å². The van der Waals surface area contributed by atoms with Gasteiger partial charge in [-0.2, -0.15) is 0 Å². The summed E-state index contributed by atoms with van der Waals surface area (Å²) < 4.78 is 16.0. The lowest BCUT2D eigenvalue weighted by atomic mass is 10.0. The largest absolute Gasteiger partial charge is 0.306 e. The van der Waals surface area contributed by atoms with Gasteiger partial charge in [-0.1, -0.05) is 18.5 Å². The molecule has 0 aliphatic heterocycles. The Balaban J connectivity index is 2.43. The second-order valence-electron chi connectivity index (χ2n) is 4.36. The van der Waals surface area contributed by atoms with E-state index in [1.807, 2.05) is 0 Å². The average Bonchev–Trinajstić information content (AvgIpc) is 2.82. The van der Waals surface area contributed by atoms with E-state index in [4.69, 9.17) is 11.6 Å². The molecule has 0 aliphatic rings. The Kier molecular flexibility index (Phi) is 6.28. The van der Waals surface area contributed by atoms with Gasteiger partial charge in [-0.05, 0) is 80.6 Å². The van der Waals surface area contributed by atoms with E-state index >= 15 is 0 Å². The molecule has 108 valence electrons. The first-order valence-electron chi connectivity index (χ1n) is 6.14. The molecule has 0 saturated carbocycles. The van der Waals surface area contributed by atoms with E-state index < -0.39 is 0 Å². The van der Waals surface area contributed by atoms with Gasteiger partial charge >= 0.3 is 0 Å². The van der Waals surface area contributed by atoms with Crippen LogP contribution in [0.25, 0.3) is 0 Å². The molecule has 0 amide bonds. The number of thiophene rings is 1. The molecule has 20 heavy (non-hydrogen) atoms. The molecule has 2 aromatic rings. The van der Waals surface area contributed by atoms with E-state index in [-0.39, 0.29) is 11.9 Å². The van der Waals surface area contributed by atoms with Crippen molar-refractivity contribution in [3.05, 3.63) is 52.9 Å². The Labute approximate surface area is 149 Å². The third kappa shape index (κ3) is 3.94. The lowest BCUT2D eigenvalue weighted by Crippen LogP contribution is -2.23. The van der Waals surface area contributed by atoms with Crippen LogP contribution in [0, 0.1) is 8.70 Å². The molecule has 0 aliphatic carbocycles. The van der Waals surface area contributed by atoms with Crippen LogP contribution in [0.2, 0.25) is 5.02 Å². The summed E-state index contributed by atoms with van der Waals surface area (Å²) in [4.78, 5) is 0. The van der Waals surface area contributed by atoms with Crippen LogP contribution in [0.5, 0.6) is 0 Å². The highest BCUT2D eigenvalue weighted by molar-refractivity contribution is 14.1. The number of rotatable bonds is 5. The van der Waals surface area contributed by atoms with Crippen LogP contribution in [0.1, 0.15) is 30.5 Å². The predicted molar refractivity (Wildman–Crippen MR) is 96.3 cm³/mol. The lowest BCUT2D eigenvalue weighted by molar-refractivity contribution is 0.547. The molecule has 1 N–H and O–H groups in total. The Morgan fingerprint density at radius 1 is 1.45 bits per heavy atom. The van der Waals surface area contributed by atoms with Crippen LogP contribution in [-0.2, 0) is 0 Å². The van der Waals surface area contributed by atoms with Crippen molar-refractivity contribution in [1.82, 2.24) is 5.32 Å². The fraction of sp³-hybridized carbons (Fsp3) is 0.286. The van der Waals surface area contributed by atoms with Gasteiger partial charge < -0.3 is 5.32 Å². The van der Waals surface area contributed by atoms with Crippen molar-refractivity contribution in [2.45, 2.75) is 19.4 Å². The normalized spacial score (nSPS) is 12.7.